The van der Waals surface area contributed by atoms with E-state index in [2.05, 4.69) is 41.2 Å². The lowest BCUT2D eigenvalue weighted by Crippen LogP contribution is -2.38. The van der Waals surface area contributed by atoms with Gasteiger partial charge in [-0.2, -0.15) is 0 Å². The van der Waals surface area contributed by atoms with Crippen LogP contribution in [0.1, 0.15) is 44.7 Å². The fourth-order valence-corrected chi connectivity index (χ4v) is 2.77. The Morgan fingerprint density at radius 2 is 2.22 bits per heavy atom. The molecule has 1 aromatic rings. The molecule has 1 aromatic heterocycles. The third kappa shape index (κ3) is 3.53. The zero-order valence-corrected chi connectivity index (χ0v) is 11.6. The van der Waals surface area contributed by atoms with Crippen molar-refractivity contribution >= 4 is 0 Å². The van der Waals surface area contributed by atoms with Crippen molar-refractivity contribution in [2.45, 2.75) is 45.2 Å². The minimum absolute atomic E-state index is 0.493. The van der Waals surface area contributed by atoms with E-state index in [1.54, 1.807) is 0 Å². The minimum Gasteiger partial charge on any atom is -0.313 e. The number of pyridine rings is 1. The van der Waals surface area contributed by atoms with E-state index in [4.69, 9.17) is 0 Å². The molecule has 0 amide bonds. The number of rotatable bonds is 4. The van der Waals surface area contributed by atoms with Crippen molar-refractivity contribution in [3.63, 3.8) is 0 Å². The Morgan fingerprint density at radius 1 is 1.44 bits per heavy atom. The first kappa shape index (κ1) is 13.5. The fraction of sp³-hybridized carbons (Fsp3) is 0.667. The summed E-state index contributed by atoms with van der Waals surface area (Å²) in [5.41, 5.74) is 1.38. The molecule has 2 atom stereocenters. The average molecular weight is 247 g/mol. The van der Waals surface area contributed by atoms with Crippen LogP contribution in [0.15, 0.2) is 24.5 Å². The molecule has 0 aromatic carbocycles. The van der Waals surface area contributed by atoms with Crippen molar-refractivity contribution < 1.29 is 0 Å². The molecule has 1 aliphatic rings. The highest BCUT2D eigenvalue weighted by molar-refractivity contribution is 5.14. The van der Waals surface area contributed by atoms with Gasteiger partial charge in [0.1, 0.15) is 0 Å². The molecule has 18 heavy (non-hydrogen) atoms. The smallest absolute Gasteiger partial charge is 0.0321 e. The van der Waals surface area contributed by atoms with Gasteiger partial charge in [-0.1, -0.05) is 13.3 Å². The van der Waals surface area contributed by atoms with E-state index in [1.165, 1.54) is 31.4 Å². The minimum atomic E-state index is 0.493. The zero-order chi connectivity index (χ0) is 12.8. The lowest BCUT2D eigenvalue weighted by Gasteiger charge is -2.30. The average Bonchev–Trinajstić information content (AvgIpc) is 2.65. The quantitative estimate of drug-likeness (QED) is 0.886. The molecule has 100 valence electrons. The number of aromatic nitrogens is 1. The van der Waals surface area contributed by atoms with Gasteiger partial charge >= 0.3 is 0 Å². The largest absolute Gasteiger partial charge is 0.313 e. The summed E-state index contributed by atoms with van der Waals surface area (Å²) in [5, 5.41) is 3.66. The lowest BCUT2D eigenvalue weighted by molar-refractivity contribution is 0.203. The number of nitrogens with zero attached hydrogens (tertiary/aromatic N) is 2. The highest BCUT2D eigenvalue weighted by atomic mass is 15.2. The predicted molar refractivity (Wildman–Crippen MR) is 75.5 cm³/mol. The van der Waals surface area contributed by atoms with Crippen LogP contribution in [0.25, 0.3) is 0 Å². The van der Waals surface area contributed by atoms with Crippen LogP contribution < -0.4 is 5.32 Å². The second-order valence-corrected chi connectivity index (χ2v) is 5.24. The van der Waals surface area contributed by atoms with Crippen molar-refractivity contribution in [1.82, 2.24) is 15.2 Å². The monoisotopic (exact) mass is 247 g/mol. The molecule has 3 heteroatoms. The van der Waals surface area contributed by atoms with Crippen molar-refractivity contribution in [2.75, 3.05) is 19.6 Å². The van der Waals surface area contributed by atoms with Gasteiger partial charge in [0, 0.05) is 37.6 Å². The van der Waals surface area contributed by atoms with Gasteiger partial charge in [-0.25, -0.2) is 0 Å². The van der Waals surface area contributed by atoms with E-state index in [-0.39, 0.29) is 0 Å². The van der Waals surface area contributed by atoms with Crippen LogP contribution >= 0.6 is 0 Å². The van der Waals surface area contributed by atoms with E-state index in [0.717, 1.165) is 13.1 Å². The molecule has 0 saturated carbocycles. The van der Waals surface area contributed by atoms with Crippen LogP contribution in [0.4, 0.5) is 0 Å². The summed E-state index contributed by atoms with van der Waals surface area (Å²) in [6, 6.07) is 5.42. The molecule has 0 radical (unpaired) electrons. The first-order valence-corrected chi connectivity index (χ1v) is 7.18. The highest BCUT2D eigenvalue weighted by Crippen LogP contribution is 2.21. The normalized spacial score (nSPS) is 23.6. The molecule has 1 saturated heterocycles. The van der Waals surface area contributed by atoms with Crippen molar-refractivity contribution in [2.24, 2.45) is 0 Å². The van der Waals surface area contributed by atoms with E-state index in [1.807, 2.05) is 12.4 Å². The number of hydrogen-bond acceptors (Lipinski definition) is 3. The van der Waals surface area contributed by atoms with Crippen LogP contribution in [-0.4, -0.2) is 35.6 Å². The van der Waals surface area contributed by atoms with Gasteiger partial charge in [0.05, 0.1) is 0 Å². The first-order valence-electron chi connectivity index (χ1n) is 7.18. The van der Waals surface area contributed by atoms with Crippen LogP contribution in [0, 0.1) is 0 Å². The van der Waals surface area contributed by atoms with E-state index in [0.29, 0.717) is 12.1 Å². The van der Waals surface area contributed by atoms with Crippen LogP contribution in [-0.2, 0) is 0 Å². The molecule has 0 aliphatic carbocycles. The summed E-state index contributed by atoms with van der Waals surface area (Å²) in [5.74, 6) is 0. The maximum absolute atomic E-state index is 4.10. The Kier molecular flexibility index (Phi) is 5.14. The van der Waals surface area contributed by atoms with Crippen LogP contribution in [0.2, 0.25) is 0 Å². The summed E-state index contributed by atoms with van der Waals surface area (Å²) < 4.78 is 0. The molecule has 2 heterocycles. The fourth-order valence-electron chi connectivity index (χ4n) is 2.77. The Bertz CT molecular complexity index is 339. The summed E-state index contributed by atoms with van der Waals surface area (Å²) in [6.45, 7) is 8.09. The molecule has 2 rings (SSSR count). The number of nitrogens with one attached hydrogen (secondary N) is 1. The van der Waals surface area contributed by atoms with Crippen molar-refractivity contribution in [3.8, 4) is 0 Å². The van der Waals surface area contributed by atoms with Gasteiger partial charge in [0.2, 0.25) is 0 Å². The molecular weight excluding hydrogens is 222 g/mol. The van der Waals surface area contributed by atoms with Gasteiger partial charge in [-0.05, 0) is 44.0 Å². The van der Waals surface area contributed by atoms with E-state index < -0.39 is 0 Å². The first-order chi connectivity index (χ1) is 8.81. The molecule has 0 bridgehead atoms. The van der Waals surface area contributed by atoms with Gasteiger partial charge in [-0.3, -0.25) is 9.88 Å². The topological polar surface area (TPSA) is 28.2 Å². The van der Waals surface area contributed by atoms with Gasteiger partial charge in [-0.15, -0.1) is 0 Å². The van der Waals surface area contributed by atoms with Crippen LogP contribution in [0.5, 0.6) is 0 Å². The zero-order valence-electron chi connectivity index (χ0n) is 11.6. The number of hydrogen-bond donors (Lipinski definition) is 1. The van der Waals surface area contributed by atoms with E-state index >= 15 is 0 Å². The SMILES string of the molecule is CCCC1CN(C(C)c2ccncc2)CCCN1. The summed E-state index contributed by atoms with van der Waals surface area (Å²) in [4.78, 5) is 6.71. The predicted octanol–water partition coefficient (Wildman–Crippen LogP) is 2.61. The molecular formula is C15H25N3. The molecule has 1 N–H and O–H groups in total. The second-order valence-electron chi connectivity index (χ2n) is 5.24. The van der Waals surface area contributed by atoms with Crippen molar-refractivity contribution in [3.05, 3.63) is 30.1 Å². The summed E-state index contributed by atoms with van der Waals surface area (Å²) >= 11 is 0. The van der Waals surface area contributed by atoms with Gasteiger partial charge < -0.3 is 5.32 Å². The second kappa shape index (κ2) is 6.86. The Balaban J connectivity index is 2.02. The standard InChI is InChI=1S/C15H25N3/c1-3-5-15-12-18(11-4-8-17-15)13(2)14-6-9-16-10-7-14/h6-7,9-10,13,15,17H,3-5,8,11-12H2,1-2H3. The molecule has 3 nitrogen and oxygen atoms in total. The van der Waals surface area contributed by atoms with Crippen LogP contribution in [0.3, 0.4) is 0 Å². The van der Waals surface area contributed by atoms with Gasteiger partial charge in [0.15, 0.2) is 0 Å². The summed E-state index contributed by atoms with van der Waals surface area (Å²) in [6.07, 6.45) is 7.57. The van der Waals surface area contributed by atoms with E-state index in [9.17, 15) is 0 Å². The van der Waals surface area contributed by atoms with Gasteiger partial charge in [0.25, 0.3) is 0 Å². The molecule has 2 unspecified atom stereocenters. The molecule has 1 fully saturated rings. The molecule has 0 spiro atoms. The van der Waals surface area contributed by atoms with Crippen molar-refractivity contribution in [1.29, 1.82) is 0 Å². The third-order valence-electron chi connectivity index (χ3n) is 3.88. The Hall–Kier alpha value is -0.930. The Labute approximate surface area is 111 Å². The maximum atomic E-state index is 4.10. The summed E-state index contributed by atoms with van der Waals surface area (Å²) in [7, 11) is 0. The highest BCUT2D eigenvalue weighted by Gasteiger charge is 2.21. The third-order valence-corrected chi connectivity index (χ3v) is 3.88. The Morgan fingerprint density at radius 3 is 2.94 bits per heavy atom. The molecule has 1 aliphatic heterocycles. The lowest BCUT2D eigenvalue weighted by atomic mass is 10.1. The maximum Gasteiger partial charge on any atom is 0.0321 e.